The standard InChI is InChI=1S/C20H21N7O4S2/c1-12-8-14-9-17(33(21,30)31)6-7-18(14)26(12)19(29)11-32-20-23-24-25-27(20)16-5-3-4-15(10-16)22-13(2)28/h3-7,9-10,12H,8,11H2,1-2H3,(H,22,28)(H2,21,30,31). The number of carbonyl (C=O) groups excluding carboxylic acids is 2. The van der Waals surface area contributed by atoms with Crippen LogP contribution in [0, 0.1) is 0 Å². The maximum atomic E-state index is 13.1. The van der Waals surface area contributed by atoms with Gasteiger partial charge in [0.2, 0.25) is 27.0 Å². The number of nitrogens with two attached hydrogens (primary N) is 1. The number of amides is 2. The van der Waals surface area contributed by atoms with Gasteiger partial charge in [-0.25, -0.2) is 13.6 Å². The van der Waals surface area contributed by atoms with E-state index in [0.717, 1.165) is 5.56 Å². The Hall–Kier alpha value is -3.29. The van der Waals surface area contributed by atoms with Crippen LogP contribution in [-0.2, 0) is 26.0 Å². The molecule has 0 saturated carbocycles. The summed E-state index contributed by atoms with van der Waals surface area (Å²) in [6.45, 7) is 3.32. The molecule has 0 fully saturated rings. The molecular formula is C20H21N7O4S2. The number of aromatic nitrogens is 4. The van der Waals surface area contributed by atoms with Crippen molar-refractivity contribution < 1.29 is 18.0 Å². The van der Waals surface area contributed by atoms with Gasteiger partial charge in [-0.2, -0.15) is 4.68 Å². The zero-order valence-electron chi connectivity index (χ0n) is 17.8. The number of sulfonamides is 1. The quantitative estimate of drug-likeness (QED) is 0.494. The maximum Gasteiger partial charge on any atom is 0.238 e. The molecule has 0 saturated heterocycles. The summed E-state index contributed by atoms with van der Waals surface area (Å²) < 4.78 is 24.8. The average Bonchev–Trinajstić information content (AvgIpc) is 3.34. The molecule has 2 heterocycles. The first-order valence-corrected chi connectivity index (χ1v) is 12.4. The van der Waals surface area contributed by atoms with Crippen molar-refractivity contribution in [2.24, 2.45) is 5.14 Å². The molecular weight excluding hydrogens is 466 g/mol. The van der Waals surface area contributed by atoms with Crippen LogP contribution in [0.4, 0.5) is 11.4 Å². The van der Waals surface area contributed by atoms with E-state index < -0.39 is 10.0 Å². The summed E-state index contributed by atoms with van der Waals surface area (Å²) in [5, 5.41) is 20.1. The average molecular weight is 488 g/mol. The molecule has 0 bridgehead atoms. The second-order valence-corrected chi connectivity index (χ2v) is 10.0. The van der Waals surface area contributed by atoms with Crippen LogP contribution >= 0.6 is 11.8 Å². The molecule has 0 radical (unpaired) electrons. The highest BCUT2D eigenvalue weighted by molar-refractivity contribution is 7.99. The number of primary sulfonamides is 1. The molecule has 13 heteroatoms. The Morgan fingerprint density at radius 1 is 1.24 bits per heavy atom. The summed E-state index contributed by atoms with van der Waals surface area (Å²) in [6.07, 6.45) is 0.531. The number of hydrogen-bond acceptors (Lipinski definition) is 8. The lowest BCUT2D eigenvalue weighted by atomic mass is 10.1. The van der Waals surface area contributed by atoms with E-state index in [4.69, 9.17) is 5.14 Å². The van der Waals surface area contributed by atoms with Crippen LogP contribution in [0.2, 0.25) is 0 Å². The number of benzene rings is 2. The molecule has 0 aliphatic carbocycles. The lowest BCUT2D eigenvalue weighted by Crippen LogP contribution is -2.37. The zero-order chi connectivity index (χ0) is 23.8. The third-order valence-corrected chi connectivity index (χ3v) is 6.86. The largest absolute Gasteiger partial charge is 0.326 e. The third kappa shape index (κ3) is 4.89. The monoisotopic (exact) mass is 487 g/mol. The smallest absolute Gasteiger partial charge is 0.238 e. The Bertz CT molecular complexity index is 1340. The van der Waals surface area contributed by atoms with Crippen molar-refractivity contribution in [1.29, 1.82) is 0 Å². The minimum Gasteiger partial charge on any atom is -0.326 e. The number of fused-ring (bicyclic) bond motifs is 1. The predicted molar refractivity (Wildman–Crippen MR) is 123 cm³/mol. The van der Waals surface area contributed by atoms with Gasteiger partial charge in [0.15, 0.2) is 0 Å². The maximum absolute atomic E-state index is 13.1. The van der Waals surface area contributed by atoms with Gasteiger partial charge in [0.25, 0.3) is 0 Å². The summed E-state index contributed by atoms with van der Waals surface area (Å²) in [7, 11) is -3.82. The van der Waals surface area contributed by atoms with Crippen molar-refractivity contribution in [2.75, 3.05) is 16.0 Å². The molecule has 2 aromatic carbocycles. The number of rotatable bonds is 6. The van der Waals surface area contributed by atoms with Gasteiger partial charge in [0, 0.05) is 24.3 Å². The molecule has 0 spiro atoms. The summed E-state index contributed by atoms with van der Waals surface area (Å²) in [4.78, 5) is 26.1. The minimum absolute atomic E-state index is 0.0257. The van der Waals surface area contributed by atoms with E-state index in [2.05, 4.69) is 20.8 Å². The number of carbonyl (C=O) groups is 2. The van der Waals surface area contributed by atoms with Crippen LogP contribution in [0.3, 0.4) is 0 Å². The number of anilines is 2. The van der Waals surface area contributed by atoms with Crippen molar-refractivity contribution in [3.05, 3.63) is 48.0 Å². The van der Waals surface area contributed by atoms with E-state index in [-0.39, 0.29) is 28.5 Å². The zero-order valence-corrected chi connectivity index (χ0v) is 19.4. The molecule has 3 N–H and O–H groups in total. The van der Waals surface area contributed by atoms with Gasteiger partial charge in [-0.1, -0.05) is 17.8 Å². The Kier molecular flexibility index (Phi) is 6.19. The van der Waals surface area contributed by atoms with Crippen molar-refractivity contribution in [3.8, 4) is 5.69 Å². The SMILES string of the molecule is CC(=O)Nc1cccc(-n2nnnc2SCC(=O)N2c3ccc(S(N)(=O)=O)cc3CC2C)c1. The van der Waals surface area contributed by atoms with Gasteiger partial charge in [0.05, 0.1) is 16.3 Å². The summed E-state index contributed by atoms with van der Waals surface area (Å²) in [5.41, 5.74) is 2.66. The van der Waals surface area contributed by atoms with Crippen LogP contribution in [0.5, 0.6) is 0 Å². The van der Waals surface area contributed by atoms with Crippen LogP contribution in [0.15, 0.2) is 52.5 Å². The molecule has 1 aromatic heterocycles. The molecule has 1 aliphatic rings. The van der Waals surface area contributed by atoms with Gasteiger partial charge in [-0.05, 0) is 65.7 Å². The molecule has 1 aliphatic heterocycles. The minimum atomic E-state index is -3.82. The fourth-order valence-corrected chi connectivity index (χ4v) is 5.02. The molecule has 2 amide bonds. The van der Waals surface area contributed by atoms with Gasteiger partial charge in [-0.3, -0.25) is 9.59 Å². The molecule has 1 atom stereocenters. The number of thioether (sulfide) groups is 1. The molecule has 1 unspecified atom stereocenters. The van der Waals surface area contributed by atoms with Gasteiger partial charge in [-0.15, -0.1) is 5.10 Å². The first-order valence-electron chi connectivity index (χ1n) is 9.90. The fraction of sp³-hybridized carbons (Fsp3) is 0.250. The van der Waals surface area contributed by atoms with Crippen molar-refractivity contribution in [2.45, 2.75) is 36.4 Å². The third-order valence-electron chi connectivity index (χ3n) is 5.04. The predicted octanol–water partition coefficient (Wildman–Crippen LogP) is 1.34. The molecule has 11 nitrogen and oxygen atoms in total. The van der Waals surface area contributed by atoms with Crippen molar-refractivity contribution in [3.63, 3.8) is 0 Å². The lowest BCUT2D eigenvalue weighted by Gasteiger charge is -2.22. The number of hydrogen-bond donors (Lipinski definition) is 2. The van der Waals surface area contributed by atoms with E-state index in [1.807, 2.05) is 6.92 Å². The Morgan fingerprint density at radius 3 is 2.76 bits per heavy atom. The van der Waals surface area contributed by atoms with Crippen LogP contribution in [0.25, 0.3) is 5.69 Å². The molecule has 33 heavy (non-hydrogen) atoms. The normalized spacial score (nSPS) is 15.4. The van der Waals surface area contributed by atoms with Gasteiger partial charge in [0.1, 0.15) is 0 Å². The van der Waals surface area contributed by atoms with Gasteiger partial charge >= 0.3 is 0 Å². The van der Waals surface area contributed by atoms with Crippen molar-refractivity contribution in [1.82, 2.24) is 20.2 Å². The second kappa shape index (κ2) is 8.92. The molecule has 4 rings (SSSR count). The van der Waals surface area contributed by atoms with E-state index >= 15 is 0 Å². The summed E-state index contributed by atoms with van der Waals surface area (Å²) in [6, 6.07) is 11.4. The first kappa shape index (κ1) is 22.9. The van der Waals surface area contributed by atoms with E-state index in [1.165, 1.54) is 35.5 Å². The summed E-state index contributed by atoms with van der Waals surface area (Å²) in [5.74, 6) is -0.275. The lowest BCUT2D eigenvalue weighted by molar-refractivity contribution is -0.116. The van der Waals surface area contributed by atoms with E-state index in [0.29, 0.717) is 28.6 Å². The molecule has 3 aromatic rings. The van der Waals surface area contributed by atoms with Gasteiger partial charge < -0.3 is 10.2 Å². The van der Waals surface area contributed by atoms with Crippen LogP contribution in [-0.4, -0.2) is 52.2 Å². The number of nitrogens with zero attached hydrogens (tertiary/aromatic N) is 5. The highest BCUT2D eigenvalue weighted by Crippen LogP contribution is 2.34. The Labute approximate surface area is 194 Å². The topological polar surface area (TPSA) is 153 Å². The van der Waals surface area contributed by atoms with E-state index in [9.17, 15) is 18.0 Å². The summed E-state index contributed by atoms with van der Waals surface area (Å²) >= 11 is 1.18. The Balaban J connectivity index is 1.50. The second-order valence-electron chi connectivity index (χ2n) is 7.55. The first-order chi connectivity index (χ1) is 15.6. The Morgan fingerprint density at radius 2 is 2.03 bits per heavy atom. The fourth-order valence-electron chi connectivity index (χ4n) is 3.71. The highest BCUT2D eigenvalue weighted by atomic mass is 32.2. The van der Waals surface area contributed by atoms with Crippen LogP contribution in [0.1, 0.15) is 19.4 Å². The number of nitrogens with one attached hydrogen (secondary N) is 1. The number of tetrazole rings is 1. The van der Waals surface area contributed by atoms with Crippen LogP contribution < -0.4 is 15.4 Å². The van der Waals surface area contributed by atoms with E-state index in [1.54, 1.807) is 35.2 Å². The molecule has 172 valence electrons. The highest BCUT2D eigenvalue weighted by Gasteiger charge is 2.32. The van der Waals surface area contributed by atoms with Crippen molar-refractivity contribution >= 4 is 45.0 Å².